The summed E-state index contributed by atoms with van der Waals surface area (Å²) in [5.74, 6) is 0.461. The third-order valence-corrected chi connectivity index (χ3v) is 4.19. The molecule has 0 bridgehead atoms. The van der Waals surface area contributed by atoms with Crippen LogP contribution in [-0.4, -0.2) is 22.7 Å². The van der Waals surface area contributed by atoms with E-state index in [9.17, 15) is 8.60 Å². The van der Waals surface area contributed by atoms with E-state index < -0.39 is 10.8 Å². The predicted octanol–water partition coefficient (Wildman–Crippen LogP) is 1.84. The van der Waals surface area contributed by atoms with Crippen LogP contribution in [0.4, 0.5) is 10.1 Å². The first-order chi connectivity index (χ1) is 8.15. The second-order valence-corrected chi connectivity index (χ2v) is 5.73. The summed E-state index contributed by atoms with van der Waals surface area (Å²) < 4.78 is 30.3. The van der Waals surface area contributed by atoms with Crippen molar-refractivity contribution in [2.75, 3.05) is 18.1 Å². The molecule has 2 rings (SSSR count). The SMILES string of the molecule is Nc1ccc(F)cc1CS(=O)CC1CCCO1. The number of ether oxygens (including phenoxy) is 1. The number of hydrogen-bond donors (Lipinski definition) is 1. The third-order valence-electron chi connectivity index (χ3n) is 2.82. The van der Waals surface area contributed by atoms with E-state index >= 15 is 0 Å². The first-order valence-corrected chi connectivity index (χ1v) is 7.14. The van der Waals surface area contributed by atoms with Crippen LogP contribution in [0.25, 0.3) is 0 Å². The van der Waals surface area contributed by atoms with Gasteiger partial charge in [0.15, 0.2) is 0 Å². The normalized spacial score (nSPS) is 21.6. The Balaban J connectivity index is 1.95. The lowest BCUT2D eigenvalue weighted by molar-refractivity contribution is 0.128. The molecule has 0 amide bonds. The first kappa shape index (κ1) is 12.5. The van der Waals surface area contributed by atoms with E-state index in [0.717, 1.165) is 19.4 Å². The zero-order valence-electron chi connectivity index (χ0n) is 9.52. The van der Waals surface area contributed by atoms with Gasteiger partial charge in [-0.05, 0) is 36.6 Å². The highest BCUT2D eigenvalue weighted by molar-refractivity contribution is 7.84. The van der Waals surface area contributed by atoms with E-state index in [1.54, 1.807) is 0 Å². The zero-order chi connectivity index (χ0) is 12.3. The Bertz CT molecular complexity index is 419. The van der Waals surface area contributed by atoms with Gasteiger partial charge in [-0.1, -0.05) is 0 Å². The Kier molecular flexibility index (Phi) is 4.12. The number of rotatable bonds is 4. The van der Waals surface area contributed by atoms with Crippen molar-refractivity contribution in [1.82, 2.24) is 0 Å². The van der Waals surface area contributed by atoms with E-state index in [0.29, 0.717) is 22.8 Å². The molecule has 0 aromatic heterocycles. The summed E-state index contributed by atoms with van der Waals surface area (Å²) in [5, 5.41) is 0. The fraction of sp³-hybridized carbons (Fsp3) is 0.500. The molecule has 1 aromatic carbocycles. The lowest BCUT2D eigenvalue weighted by Gasteiger charge is -2.10. The maximum Gasteiger partial charge on any atom is 0.123 e. The first-order valence-electron chi connectivity index (χ1n) is 5.65. The molecule has 0 radical (unpaired) electrons. The van der Waals surface area contributed by atoms with Gasteiger partial charge in [-0.3, -0.25) is 4.21 Å². The summed E-state index contributed by atoms with van der Waals surface area (Å²) in [6.07, 6.45) is 2.08. The van der Waals surface area contributed by atoms with Gasteiger partial charge in [0.1, 0.15) is 5.82 Å². The summed E-state index contributed by atoms with van der Waals surface area (Å²) in [6, 6.07) is 4.17. The summed E-state index contributed by atoms with van der Waals surface area (Å²) in [5.41, 5.74) is 6.82. The van der Waals surface area contributed by atoms with Gasteiger partial charge in [-0.15, -0.1) is 0 Å². The Morgan fingerprint density at radius 1 is 1.53 bits per heavy atom. The average Bonchev–Trinajstić information content (AvgIpc) is 2.76. The highest BCUT2D eigenvalue weighted by Gasteiger charge is 2.18. The monoisotopic (exact) mass is 257 g/mol. The second-order valence-electron chi connectivity index (χ2n) is 4.23. The van der Waals surface area contributed by atoms with Gasteiger partial charge >= 0.3 is 0 Å². The van der Waals surface area contributed by atoms with Gasteiger partial charge in [-0.2, -0.15) is 0 Å². The molecular weight excluding hydrogens is 241 g/mol. The summed E-state index contributed by atoms with van der Waals surface area (Å²) >= 11 is 0. The van der Waals surface area contributed by atoms with E-state index in [-0.39, 0.29) is 11.9 Å². The molecule has 0 aliphatic carbocycles. The molecule has 94 valence electrons. The van der Waals surface area contributed by atoms with E-state index in [1.807, 2.05) is 0 Å². The van der Waals surface area contributed by atoms with Gasteiger partial charge in [0.05, 0.1) is 17.6 Å². The number of halogens is 1. The largest absolute Gasteiger partial charge is 0.398 e. The van der Waals surface area contributed by atoms with Crippen LogP contribution in [0.1, 0.15) is 18.4 Å². The summed E-state index contributed by atoms with van der Waals surface area (Å²) in [6.45, 7) is 0.754. The van der Waals surface area contributed by atoms with Gasteiger partial charge in [0.25, 0.3) is 0 Å². The van der Waals surface area contributed by atoms with Crippen molar-refractivity contribution in [3.8, 4) is 0 Å². The minimum Gasteiger partial charge on any atom is -0.398 e. The summed E-state index contributed by atoms with van der Waals surface area (Å²) in [4.78, 5) is 0. The second kappa shape index (κ2) is 5.60. The molecule has 2 unspecified atom stereocenters. The minimum absolute atomic E-state index is 0.0885. The zero-order valence-corrected chi connectivity index (χ0v) is 10.3. The van der Waals surface area contributed by atoms with Crippen molar-refractivity contribution in [1.29, 1.82) is 0 Å². The van der Waals surface area contributed by atoms with Crippen LogP contribution in [-0.2, 0) is 21.3 Å². The van der Waals surface area contributed by atoms with Crippen LogP contribution >= 0.6 is 0 Å². The molecular formula is C12H16FNO2S. The molecule has 2 atom stereocenters. The third kappa shape index (κ3) is 3.51. The summed E-state index contributed by atoms with van der Waals surface area (Å²) in [7, 11) is -1.05. The predicted molar refractivity (Wildman–Crippen MR) is 66.5 cm³/mol. The van der Waals surface area contributed by atoms with Gasteiger partial charge < -0.3 is 10.5 Å². The number of benzene rings is 1. The lowest BCUT2D eigenvalue weighted by Crippen LogP contribution is -2.17. The quantitative estimate of drug-likeness (QED) is 0.837. The van der Waals surface area contributed by atoms with Crippen molar-refractivity contribution in [2.24, 2.45) is 0 Å². The maximum absolute atomic E-state index is 13.0. The number of nitrogen functional groups attached to an aromatic ring is 1. The van der Waals surface area contributed by atoms with Crippen LogP contribution in [0.3, 0.4) is 0 Å². The van der Waals surface area contributed by atoms with Crippen LogP contribution in [0, 0.1) is 5.82 Å². The molecule has 17 heavy (non-hydrogen) atoms. The number of hydrogen-bond acceptors (Lipinski definition) is 3. The van der Waals surface area contributed by atoms with Gasteiger partial charge in [-0.25, -0.2) is 4.39 Å². The van der Waals surface area contributed by atoms with Crippen molar-refractivity contribution in [3.63, 3.8) is 0 Å². The lowest BCUT2D eigenvalue weighted by atomic mass is 10.2. The molecule has 1 aliphatic rings. The molecule has 3 nitrogen and oxygen atoms in total. The Labute approximate surface area is 103 Å². The van der Waals surface area contributed by atoms with Crippen LogP contribution in [0.15, 0.2) is 18.2 Å². The standard InChI is InChI=1S/C12H16FNO2S/c13-10-3-4-12(14)9(6-10)7-17(15)8-11-2-1-5-16-11/h3-4,6,11H,1-2,5,7-8,14H2. The van der Waals surface area contributed by atoms with Gasteiger partial charge in [0, 0.05) is 23.1 Å². The molecule has 1 fully saturated rings. The van der Waals surface area contributed by atoms with Crippen molar-refractivity contribution in [3.05, 3.63) is 29.6 Å². The molecule has 0 saturated carbocycles. The van der Waals surface area contributed by atoms with Crippen molar-refractivity contribution < 1.29 is 13.3 Å². The smallest absolute Gasteiger partial charge is 0.123 e. The molecule has 1 aliphatic heterocycles. The van der Waals surface area contributed by atoms with Crippen molar-refractivity contribution in [2.45, 2.75) is 24.7 Å². The minimum atomic E-state index is -1.05. The highest BCUT2D eigenvalue weighted by atomic mass is 32.2. The molecule has 5 heteroatoms. The molecule has 1 aromatic rings. The van der Waals surface area contributed by atoms with E-state index in [2.05, 4.69) is 0 Å². The Morgan fingerprint density at radius 2 is 2.35 bits per heavy atom. The highest BCUT2D eigenvalue weighted by Crippen LogP contribution is 2.18. The van der Waals surface area contributed by atoms with Crippen LogP contribution in [0.5, 0.6) is 0 Å². The Morgan fingerprint density at radius 3 is 3.06 bits per heavy atom. The van der Waals surface area contributed by atoms with Crippen LogP contribution in [0.2, 0.25) is 0 Å². The molecule has 1 saturated heterocycles. The van der Waals surface area contributed by atoms with E-state index in [4.69, 9.17) is 10.5 Å². The molecule has 1 heterocycles. The number of nitrogens with two attached hydrogens (primary N) is 1. The maximum atomic E-state index is 13.0. The molecule has 0 spiro atoms. The van der Waals surface area contributed by atoms with Gasteiger partial charge in [0.2, 0.25) is 0 Å². The fourth-order valence-corrected chi connectivity index (χ4v) is 3.31. The Hall–Kier alpha value is -0.940. The topological polar surface area (TPSA) is 52.3 Å². The van der Waals surface area contributed by atoms with Crippen LogP contribution < -0.4 is 5.73 Å². The average molecular weight is 257 g/mol. The fourth-order valence-electron chi connectivity index (χ4n) is 1.91. The van der Waals surface area contributed by atoms with E-state index in [1.165, 1.54) is 18.2 Å². The van der Waals surface area contributed by atoms with Crippen molar-refractivity contribution >= 4 is 16.5 Å². The molecule has 2 N–H and O–H groups in total. The number of anilines is 1.